The van der Waals surface area contributed by atoms with Crippen LogP contribution in [-0.2, 0) is 27.5 Å². The Bertz CT molecular complexity index is 1280. The number of aromatic nitrogens is 1. The van der Waals surface area contributed by atoms with Crippen LogP contribution in [0.1, 0.15) is 21.7 Å². The number of alkyl carbamates (subject to hydrolysis) is 1. The standard InChI is InChI=1S/C25H26N6O8/c32-20(26-12-18(22(34)35)30-25(37)38-15-17-9-5-2-6-10-17)14-27-21(33)19-13-29-24(39-19)31-23(36)28-11-16-7-3-1-4-8-16/h1-10,13,18H,11-12,14-15H2,(H,26,32)(H,27,33)(H,30,37)(H,34,35)(H2,28,29,31,36)/t18-/m0/s1. The average Bonchev–Trinajstić information content (AvgIpc) is 3.41. The number of oxazole rings is 1. The van der Waals surface area contributed by atoms with Crippen molar-refractivity contribution in [3.8, 4) is 0 Å². The average molecular weight is 539 g/mol. The molecule has 2 aromatic carbocycles. The molecule has 0 radical (unpaired) electrons. The summed E-state index contributed by atoms with van der Waals surface area (Å²) in [5, 5.41) is 21.0. The molecule has 5 amide bonds. The van der Waals surface area contributed by atoms with E-state index in [9.17, 15) is 29.1 Å². The summed E-state index contributed by atoms with van der Waals surface area (Å²) in [5.41, 5.74) is 1.59. The Morgan fingerprint density at radius 1 is 0.897 bits per heavy atom. The van der Waals surface area contributed by atoms with Crippen LogP contribution in [0.2, 0.25) is 0 Å². The zero-order valence-electron chi connectivity index (χ0n) is 20.5. The van der Waals surface area contributed by atoms with Crippen molar-refractivity contribution in [2.45, 2.75) is 19.2 Å². The number of amides is 5. The topological polar surface area (TPSA) is 201 Å². The largest absolute Gasteiger partial charge is 0.480 e. The number of nitrogens with zero attached hydrogens (tertiary/aromatic N) is 1. The van der Waals surface area contributed by atoms with Gasteiger partial charge in [0, 0.05) is 13.1 Å². The number of carbonyl (C=O) groups is 5. The van der Waals surface area contributed by atoms with E-state index >= 15 is 0 Å². The highest BCUT2D eigenvalue weighted by Gasteiger charge is 2.22. The highest BCUT2D eigenvalue weighted by Crippen LogP contribution is 2.08. The molecule has 204 valence electrons. The molecule has 0 aliphatic carbocycles. The molecule has 1 heterocycles. The number of rotatable bonds is 12. The molecule has 14 nitrogen and oxygen atoms in total. The van der Waals surface area contributed by atoms with Gasteiger partial charge in [0.2, 0.25) is 11.7 Å². The molecular weight excluding hydrogens is 512 g/mol. The molecule has 0 fully saturated rings. The zero-order chi connectivity index (χ0) is 28.0. The van der Waals surface area contributed by atoms with E-state index in [-0.39, 0.29) is 24.9 Å². The van der Waals surface area contributed by atoms with Gasteiger partial charge in [0.1, 0.15) is 12.6 Å². The van der Waals surface area contributed by atoms with E-state index in [2.05, 4.69) is 31.6 Å². The van der Waals surface area contributed by atoms with Crippen molar-refractivity contribution in [2.75, 3.05) is 18.4 Å². The van der Waals surface area contributed by atoms with E-state index in [1.54, 1.807) is 30.3 Å². The second kappa shape index (κ2) is 14.4. The second-order valence-corrected chi connectivity index (χ2v) is 7.91. The van der Waals surface area contributed by atoms with Crippen molar-refractivity contribution in [3.63, 3.8) is 0 Å². The lowest BCUT2D eigenvalue weighted by atomic mass is 10.2. The van der Waals surface area contributed by atoms with Crippen LogP contribution in [0.4, 0.5) is 15.6 Å². The molecule has 0 saturated carbocycles. The number of carboxylic acid groups (broad SMARTS) is 1. The fourth-order valence-corrected chi connectivity index (χ4v) is 2.99. The lowest BCUT2D eigenvalue weighted by Gasteiger charge is -2.15. The van der Waals surface area contributed by atoms with Crippen LogP contribution < -0.4 is 26.6 Å². The second-order valence-electron chi connectivity index (χ2n) is 7.91. The Kier molecular flexibility index (Phi) is 10.4. The maximum atomic E-state index is 12.2. The fourth-order valence-electron chi connectivity index (χ4n) is 2.99. The molecule has 14 heteroatoms. The monoisotopic (exact) mass is 538 g/mol. The number of anilines is 1. The molecule has 0 spiro atoms. The van der Waals surface area contributed by atoms with Gasteiger partial charge >= 0.3 is 24.1 Å². The lowest BCUT2D eigenvalue weighted by molar-refractivity contribution is -0.139. The predicted molar refractivity (Wildman–Crippen MR) is 135 cm³/mol. The maximum absolute atomic E-state index is 12.2. The third-order valence-electron chi connectivity index (χ3n) is 4.96. The number of hydrogen-bond acceptors (Lipinski definition) is 8. The number of carbonyl (C=O) groups excluding carboxylic acids is 4. The van der Waals surface area contributed by atoms with Crippen LogP contribution in [0, 0.1) is 0 Å². The first-order chi connectivity index (χ1) is 18.8. The minimum Gasteiger partial charge on any atom is -0.480 e. The molecule has 6 N–H and O–H groups in total. The quantitative estimate of drug-likeness (QED) is 0.196. The van der Waals surface area contributed by atoms with Gasteiger partial charge in [-0.05, 0) is 11.1 Å². The summed E-state index contributed by atoms with van der Waals surface area (Å²) in [7, 11) is 0. The molecule has 0 aliphatic rings. The summed E-state index contributed by atoms with van der Waals surface area (Å²) in [4.78, 5) is 63.4. The molecule has 1 aromatic heterocycles. The highest BCUT2D eigenvalue weighted by molar-refractivity contribution is 5.94. The lowest BCUT2D eigenvalue weighted by Crippen LogP contribution is -2.50. The molecule has 0 unspecified atom stereocenters. The van der Waals surface area contributed by atoms with Gasteiger partial charge in [0.15, 0.2) is 0 Å². The third-order valence-corrected chi connectivity index (χ3v) is 4.96. The molecule has 0 aliphatic heterocycles. The number of benzene rings is 2. The summed E-state index contributed by atoms with van der Waals surface area (Å²) in [6.45, 7) is -0.777. The number of hydrogen-bond donors (Lipinski definition) is 6. The highest BCUT2D eigenvalue weighted by atomic mass is 16.5. The predicted octanol–water partition coefficient (Wildman–Crippen LogP) is 1.22. The summed E-state index contributed by atoms with van der Waals surface area (Å²) in [6, 6.07) is 15.7. The minimum atomic E-state index is -1.47. The smallest absolute Gasteiger partial charge is 0.408 e. The van der Waals surface area contributed by atoms with Gasteiger partial charge in [-0.15, -0.1) is 0 Å². The molecule has 3 aromatic rings. The van der Waals surface area contributed by atoms with Crippen LogP contribution in [0.15, 0.2) is 71.3 Å². The fraction of sp³-hybridized carbons (Fsp3) is 0.200. The molecule has 39 heavy (non-hydrogen) atoms. The van der Waals surface area contributed by atoms with Crippen molar-refractivity contribution >= 4 is 35.9 Å². The summed E-state index contributed by atoms with van der Waals surface area (Å²) >= 11 is 0. The van der Waals surface area contributed by atoms with E-state index in [0.29, 0.717) is 5.56 Å². The molecule has 0 bridgehead atoms. The van der Waals surface area contributed by atoms with Crippen LogP contribution >= 0.6 is 0 Å². The van der Waals surface area contributed by atoms with Gasteiger partial charge in [-0.25, -0.2) is 19.4 Å². The van der Waals surface area contributed by atoms with E-state index in [1.165, 1.54) is 0 Å². The van der Waals surface area contributed by atoms with Crippen LogP contribution in [0.5, 0.6) is 0 Å². The molecule has 1 atom stereocenters. The summed E-state index contributed by atoms with van der Waals surface area (Å²) < 4.78 is 10.1. The molecule has 3 rings (SSSR count). The van der Waals surface area contributed by atoms with Crippen molar-refractivity contribution in [3.05, 3.63) is 83.7 Å². The maximum Gasteiger partial charge on any atom is 0.408 e. The number of nitrogens with one attached hydrogen (secondary N) is 5. The summed E-state index contributed by atoms with van der Waals surface area (Å²) in [5.74, 6) is -3.20. The SMILES string of the molecule is O=C(CNC(=O)c1cnc(NC(=O)NCc2ccccc2)o1)NC[C@H](NC(=O)OCc1ccccc1)C(=O)O. The first-order valence-corrected chi connectivity index (χ1v) is 11.6. The third kappa shape index (κ3) is 9.87. The van der Waals surface area contributed by atoms with Gasteiger partial charge in [-0.1, -0.05) is 60.7 Å². The van der Waals surface area contributed by atoms with Crippen LogP contribution in [0.3, 0.4) is 0 Å². The Balaban J connectivity index is 1.36. The Labute approximate surface area is 222 Å². The first-order valence-electron chi connectivity index (χ1n) is 11.6. The van der Waals surface area contributed by atoms with E-state index in [4.69, 9.17) is 9.15 Å². The Morgan fingerprint density at radius 2 is 1.56 bits per heavy atom. The van der Waals surface area contributed by atoms with E-state index < -0.39 is 49.0 Å². The van der Waals surface area contributed by atoms with Crippen molar-refractivity contribution in [1.29, 1.82) is 0 Å². The number of urea groups is 1. The normalized spacial score (nSPS) is 11.0. The van der Waals surface area contributed by atoms with Gasteiger partial charge in [0.05, 0.1) is 12.7 Å². The van der Waals surface area contributed by atoms with Crippen molar-refractivity contribution < 1.29 is 38.2 Å². The number of ether oxygens (including phenoxy) is 1. The van der Waals surface area contributed by atoms with Crippen LogP contribution in [-0.4, -0.2) is 59.1 Å². The van der Waals surface area contributed by atoms with Crippen molar-refractivity contribution in [2.24, 2.45) is 0 Å². The van der Waals surface area contributed by atoms with Gasteiger partial charge in [-0.2, -0.15) is 0 Å². The molecular formula is C25H26N6O8. The zero-order valence-corrected chi connectivity index (χ0v) is 20.5. The number of carboxylic acids is 1. The van der Waals surface area contributed by atoms with Gasteiger partial charge in [-0.3, -0.25) is 14.9 Å². The Hall–Kier alpha value is -5.40. The van der Waals surface area contributed by atoms with Crippen LogP contribution in [0.25, 0.3) is 0 Å². The van der Waals surface area contributed by atoms with E-state index in [1.807, 2.05) is 30.3 Å². The first kappa shape index (κ1) is 28.2. The van der Waals surface area contributed by atoms with E-state index in [0.717, 1.165) is 11.8 Å². The molecule has 0 saturated heterocycles. The number of aliphatic carboxylic acids is 1. The summed E-state index contributed by atoms with van der Waals surface area (Å²) in [6.07, 6.45) is 0.0863. The van der Waals surface area contributed by atoms with Gasteiger partial charge < -0.3 is 35.5 Å². The Morgan fingerprint density at radius 3 is 2.23 bits per heavy atom. The van der Waals surface area contributed by atoms with Crippen molar-refractivity contribution in [1.82, 2.24) is 26.3 Å². The minimum absolute atomic E-state index is 0.0609. The van der Waals surface area contributed by atoms with Gasteiger partial charge in [0.25, 0.3) is 5.91 Å².